The molecule has 59 heavy (non-hydrogen) atoms. The number of Topliss-reactive ketones (excluding diaryl/α,β-unsaturated/α-hetero) is 1. The molecule has 0 spiro atoms. The summed E-state index contributed by atoms with van der Waals surface area (Å²) in [4.78, 5) is 68.0. The molecule has 1 saturated heterocycles. The summed E-state index contributed by atoms with van der Waals surface area (Å²) in [5.74, 6) is -3.32. The monoisotopic (exact) mass is 842 g/mol. The number of carbonyl (C=O) groups is 4. The Hall–Kier alpha value is -3.95. The first kappa shape index (κ1) is 41.8. The van der Waals surface area contributed by atoms with Crippen molar-refractivity contribution in [3.05, 3.63) is 23.9 Å². The minimum Gasteiger partial charge on any atom is -0.497 e. The van der Waals surface area contributed by atoms with Crippen LogP contribution in [0.1, 0.15) is 110 Å². The number of hydrogen-bond donors (Lipinski definition) is 1. The number of esters is 1. The molecule has 9 atom stereocenters. The van der Waals surface area contributed by atoms with E-state index >= 15 is 0 Å². The van der Waals surface area contributed by atoms with Crippen LogP contribution in [0.5, 0.6) is 11.6 Å². The Morgan fingerprint density at radius 1 is 1.00 bits per heavy atom. The summed E-state index contributed by atoms with van der Waals surface area (Å²) in [7, 11) is -2.54. The maximum absolute atomic E-state index is 14.9. The molecule has 322 valence electrons. The van der Waals surface area contributed by atoms with Crippen LogP contribution in [-0.4, -0.2) is 90.4 Å². The number of aryl methyl sites for hydroxylation is 1. The molecule has 16 heteroatoms. The van der Waals surface area contributed by atoms with E-state index in [1.165, 1.54) is 4.90 Å². The second kappa shape index (κ2) is 15.8. The van der Waals surface area contributed by atoms with Crippen molar-refractivity contribution in [3.63, 3.8) is 0 Å². The Bertz CT molecular complexity index is 2110. The van der Waals surface area contributed by atoms with E-state index in [-0.39, 0.29) is 43.7 Å². The second-order valence-corrected chi connectivity index (χ2v) is 21.1. The summed E-state index contributed by atoms with van der Waals surface area (Å²) in [6.45, 7) is 5.45. The van der Waals surface area contributed by atoms with E-state index in [1.807, 2.05) is 31.6 Å². The zero-order chi connectivity index (χ0) is 42.0. The Morgan fingerprint density at radius 3 is 2.46 bits per heavy atom. The smallest absolute Gasteiger partial charge is 0.306 e. The molecule has 4 aliphatic carbocycles. The van der Waals surface area contributed by atoms with E-state index in [9.17, 15) is 36.4 Å². The maximum atomic E-state index is 14.9. The van der Waals surface area contributed by atoms with Gasteiger partial charge in [-0.05, 0) is 93.1 Å². The average molecular weight is 843 g/mol. The number of aromatic nitrogens is 2. The summed E-state index contributed by atoms with van der Waals surface area (Å²) in [6, 6.07) is 4.16. The molecule has 1 N–H and O–H groups in total. The van der Waals surface area contributed by atoms with Crippen LogP contribution in [0.3, 0.4) is 0 Å². The van der Waals surface area contributed by atoms with E-state index < -0.39 is 86.5 Å². The highest BCUT2D eigenvalue weighted by Gasteiger charge is 2.66. The molecule has 3 heterocycles. The lowest BCUT2D eigenvalue weighted by atomic mass is 9.77. The van der Waals surface area contributed by atoms with E-state index in [4.69, 9.17) is 24.2 Å². The number of benzene rings is 1. The van der Waals surface area contributed by atoms with Crippen molar-refractivity contribution in [1.82, 2.24) is 19.6 Å². The number of methoxy groups -OCH3 is 1. The third-order valence-corrected chi connectivity index (χ3v) is 15.9. The van der Waals surface area contributed by atoms with Crippen LogP contribution in [0.2, 0.25) is 0 Å². The van der Waals surface area contributed by atoms with Gasteiger partial charge < -0.3 is 19.1 Å². The Labute approximate surface area is 344 Å². The molecular formula is C43H56F2N4O9S. The third kappa shape index (κ3) is 8.40. The average Bonchev–Trinajstić information content (AvgIpc) is 4.04. The lowest BCUT2D eigenvalue weighted by molar-refractivity contribution is -0.161. The van der Waals surface area contributed by atoms with Crippen molar-refractivity contribution in [3.8, 4) is 11.6 Å². The van der Waals surface area contributed by atoms with Gasteiger partial charge in [0.15, 0.2) is 5.78 Å². The highest BCUT2D eigenvalue weighted by molar-refractivity contribution is 7.90. The molecule has 0 radical (unpaired) electrons. The van der Waals surface area contributed by atoms with Crippen molar-refractivity contribution in [2.75, 3.05) is 13.7 Å². The van der Waals surface area contributed by atoms with Gasteiger partial charge in [0.05, 0.1) is 53.7 Å². The molecule has 1 aromatic carbocycles. The van der Waals surface area contributed by atoms with Crippen LogP contribution in [0.25, 0.3) is 11.0 Å². The van der Waals surface area contributed by atoms with E-state index in [0.717, 1.165) is 44.9 Å². The molecule has 6 aliphatic rings. The van der Waals surface area contributed by atoms with Crippen molar-refractivity contribution in [2.45, 2.75) is 141 Å². The van der Waals surface area contributed by atoms with Gasteiger partial charge in [-0.2, -0.15) is 0 Å². The molecule has 0 unspecified atom stereocenters. The number of halogens is 2. The van der Waals surface area contributed by atoms with Gasteiger partial charge >= 0.3 is 5.97 Å². The summed E-state index contributed by atoms with van der Waals surface area (Å²) < 4.78 is 74.4. The van der Waals surface area contributed by atoms with Gasteiger partial charge in [-0.25, -0.2) is 27.2 Å². The molecule has 2 aliphatic heterocycles. The van der Waals surface area contributed by atoms with Crippen LogP contribution < -0.4 is 14.2 Å². The van der Waals surface area contributed by atoms with E-state index in [1.54, 1.807) is 19.2 Å². The SMILES string of the molecule is COc1ccc2nc3c(nc2c1)O[C@@H]1C[C@@H](C(=O)C[C@]2(C(=O)NS(=O)(=O)C4CC4)C[C@H]2C(F)F)N(C1)C(=O)[C@H](C(C)(C)C)CC(=O)O[C@H]1[C@@H]2CC[C@@H](C2)[C@@H]1CCCCC3. The number of alkyl halides is 2. The molecule has 2 amide bonds. The van der Waals surface area contributed by atoms with Crippen LogP contribution in [0.15, 0.2) is 18.2 Å². The lowest BCUT2D eigenvalue weighted by Crippen LogP contribution is -2.49. The number of ether oxygens (including phenoxy) is 3. The number of hydrogen-bond acceptors (Lipinski definition) is 11. The quantitative estimate of drug-likeness (QED) is 0.312. The van der Waals surface area contributed by atoms with Crippen LogP contribution in [0, 0.1) is 40.4 Å². The summed E-state index contributed by atoms with van der Waals surface area (Å²) in [5.41, 5.74) is -0.910. The number of sulfonamides is 1. The predicted octanol–water partition coefficient (Wildman–Crippen LogP) is 5.95. The van der Waals surface area contributed by atoms with Crippen molar-refractivity contribution in [1.29, 1.82) is 0 Å². The fourth-order valence-electron chi connectivity index (χ4n) is 10.5. The lowest BCUT2D eigenvalue weighted by Gasteiger charge is -2.36. The number of rotatable bonds is 8. The summed E-state index contributed by atoms with van der Waals surface area (Å²) in [5, 5.41) is -0.776. The molecule has 4 bridgehead atoms. The number of nitrogens with one attached hydrogen (secondary N) is 1. The zero-order valence-electron chi connectivity index (χ0n) is 34.3. The normalized spacial score (nSPS) is 32.8. The van der Waals surface area contributed by atoms with Crippen LogP contribution in [0.4, 0.5) is 8.78 Å². The van der Waals surface area contributed by atoms with Crippen molar-refractivity contribution >= 4 is 44.6 Å². The third-order valence-electron chi connectivity index (χ3n) is 14.1. The summed E-state index contributed by atoms with van der Waals surface area (Å²) in [6.07, 6.45) is 2.73. The Morgan fingerprint density at radius 2 is 1.76 bits per heavy atom. The van der Waals surface area contributed by atoms with Crippen LogP contribution in [-0.2, 0) is 40.4 Å². The molecule has 1 aromatic heterocycles. The van der Waals surface area contributed by atoms with Crippen molar-refractivity contribution in [2.24, 2.45) is 40.4 Å². The molecule has 13 nitrogen and oxygen atoms in total. The van der Waals surface area contributed by atoms with Gasteiger partial charge in [0, 0.05) is 24.8 Å². The molecule has 8 rings (SSSR count). The minimum atomic E-state index is -4.09. The fraction of sp³-hybridized carbons (Fsp3) is 0.721. The summed E-state index contributed by atoms with van der Waals surface area (Å²) >= 11 is 0. The van der Waals surface area contributed by atoms with Gasteiger partial charge in [-0.15, -0.1) is 0 Å². The molecule has 2 aromatic rings. The number of carbonyl (C=O) groups excluding carboxylic acids is 4. The van der Waals surface area contributed by atoms with Gasteiger partial charge in [0.25, 0.3) is 0 Å². The fourth-order valence-corrected chi connectivity index (χ4v) is 11.9. The van der Waals surface area contributed by atoms with Gasteiger partial charge in [-0.1, -0.05) is 33.6 Å². The van der Waals surface area contributed by atoms with Gasteiger partial charge in [0.2, 0.25) is 34.1 Å². The molecule has 5 fully saturated rings. The zero-order valence-corrected chi connectivity index (χ0v) is 35.1. The van der Waals surface area contributed by atoms with E-state index in [2.05, 4.69) is 0 Å². The molecule has 4 saturated carbocycles. The number of fused-ring (bicyclic) bond motifs is 9. The first-order valence-corrected chi connectivity index (χ1v) is 22.9. The Kier molecular flexibility index (Phi) is 11.2. The first-order valence-electron chi connectivity index (χ1n) is 21.4. The predicted molar refractivity (Wildman–Crippen MR) is 211 cm³/mol. The van der Waals surface area contributed by atoms with Crippen LogP contribution >= 0.6 is 0 Å². The topological polar surface area (TPSA) is 171 Å². The van der Waals surface area contributed by atoms with Crippen molar-refractivity contribution < 1.29 is 50.6 Å². The standard InChI is InChI=1S/C43H56F2N4O9S/c1-42(2,3)29-19-36(51)58-37-24-11-10-23(16-24)28(37)8-6-5-7-9-32-39(47-33-17-25(56-4)12-15-31(33)46-32)57-26-18-34(49(22-26)40(29)52)35(50)21-43(20-30(43)38(44)45)41(53)48-59(54,55)27-13-14-27/h12,15,17,23-24,26-30,34,37-38H,5-11,13-14,16,18-22H2,1-4H3,(H,48,53)/t23-,24+,26+,28-,29+,30-,34-,37-,43+/m0/s1. The highest BCUT2D eigenvalue weighted by Crippen LogP contribution is 2.59. The highest BCUT2D eigenvalue weighted by atomic mass is 32.2. The minimum absolute atomic E-state index is 0.0482. The Balaban J connectivity index is 1.14. The van der Waals surface area contributed by atoms with Gasteiger partial charge in [-0.3, -0.25) is 23.9 Å². The number of ketones is 1. The number of amides is 2. The second-order valence-electron chi connectivity index (χ2n) is 19.1. The first-order chi connectivity index (χ1) is 28.0. The number of nitrogens with zero attached hydrogens (tertiary/aromatic N) is 3. The molecular weight excluding hydrogens is 787 g/mol. The maximum Gasteiger partial charge on any atom is 0.306 e. The largest absolute Gasteiger partial charge is 0.497 e. The van der Waals surface area contributed by atoms with E-state index in [0.29, 0.717) is 53.6 Å². The van der Waals surface area contributed by atoms with Gasteiger partial charge in [0.1, 0.15) is 23.7 Å².